The van der Waals surface area contributed by atoms with E-state index in [4.69, 9.17) is 0 Å². The van der Waals surface area contributed by atoms with Crippen LogP contribution in [0.15, 0.2) is 18.2 Å². The van der Waals surface area contributed by atoms with Crippen LogP contribution >= 0.6 is 0 Å². The van der Waals surface area contributed by atoms with E-state index in [1.807, 2.05) is 34.6 Å². The molecule has 0 unspecified atom stereocenters. The van der Waals surface area contributed by atoms with E-state index in [2.05, 4.69) is 4.98 Å². The molecule has 0 bridgehead atoms. The molecule has 1 fully saturated rings. The van der Waals surface area contributed by atoms with E-state index < -0.39 is 0 Å². The molecule has 1 saturated heterocycles. The molecule has 1 aromatic carbocycles. The maximum atomic E-state index is 12.4. The number of carbonyl (C=O) groups is 1. The first-order valence-corrected chi connectivity index (χ1v) is 7.53. The van der Waals surface area contributed by atoms with Gasteiger partial charge >= 0.3 is 0 Å². The van der Waals surface area contributed by atoms with Gasteiger partial charge in [0.25, 0.3) is 0 Å². The fourth-order valence-electron chi connectivity index (χ4n) is 2.97. The van der Waals surface area contributed by atoms with Gasteiger partial charge in [-0.15, -0.1) is 0 Å². The van der Waals surface area contributed by atoms with Gasteiger partial charge < -0.3 is 14.6 Å². The SMILES string of the molecule is Cc1ccc2c(c1)nc(CO)n2CC(=O)N1CCCCC1. The molecule has 0 spiro atoms. The van der Waals surface area contributed by atoms with Crippen LogP contribution in [-0.2, 0) is 17.9 Å². The maximum Gasteiger partial charge on any atom is 0.242 e. The van der Waals surface area contributed by atoms with E-state index >= 15 is 0 Å². The van der Waals surface area contributed by atoms with Crippen LogP contribution < -0.4 is 0 Å². The fourth-order valence-corrected chi connectivity index (χ4v) is 2.97. The average molecular weight is 287 g/mol. The van der Waals surface area contributed by atoms with Crippen LogP contribution in [-0.4, -0.2) is 38.6 Å². The average Bonchev–Trinajstić information content (AvgIpc) is 2.85. The van der Waals surface area contributed by atoms with E-state index in [0.717, 1.165) is 42.5 Å². The third kappa shape index (κ3) is 2.78. The first-order valence-electron chi connectivity index (χ1n) is 7.53. The number of amides is 1. The van der Waals surface area contributed by atoms with Crippen LogP contribution in [0.5, 0.6) is 0 Å². The zero-order valence-electron chi connectivity index (χ0n) is 12.4. The Balaban J connectivity index is 1.89. The van der Waals surface area contributed by atoms with Crippen molar-refractivity contribution in [2.24, 2.45) is 0 Å². The fraction of sp³-hybridized carbons (Fsp3) is 0.500. The highest BCUT2D eigenvalue weighted by Crippen LogP contribution is 2.19. The van der Waals surface area contributed by atoms with Gasteiger partial charge in [0, 0.05) is 13.1 Å². The van der Waals surface area contributed by atoms with Crippen molar-refractivity contribution in [3.05, 3.63) is 29.6 Å². The Morgan fingerprint density at radius 1 is 1.29 bits per heavy atom. The van der Waals surface area contributed by atoms with Gasteiger partial charge in [-0.2, -0.15) is 0 Å². The summed E-state index contributed by atoms with van der Waals surface area (Å²) < 4.78 is 1.84. The van der Waals surface area contributed by atoms with Crippen LogP contribution in [0.2, 0.25) is 0 Å². The number of imidazole rings is 1. The van der Waals surface area contributed by atoms with Crippen molar-refractivity contribution in [3.63, 3.8) is 0 Å². The second-order valence-electron chi connectivity index (χ2n) is 5.71. The molecule has 21 heavy (non-hydrogen) atoms. The summed E-state index contributed by atoms with van der Waals surface area (Å²) in [6, 6.07) is 5.96. The highest BCUT2D eigenvalue weighted by atomic mass is 16.3. The number of fused-ring (bicyclic) bond motifs is 1. The summed E-state index contributed by atoms with van der Waals surface area (Å²) in [7, 11) is 0. The molecular weight excluding hydrogens is 266 g/mol. The van der Waals surface area contributed by atoms with E-state index in [9.17, 15) is 9.90 Å². The lowest BCUT2D eigenvalue weighted by atomic mass is 10.1. The van der Waals surface area contributed by atoms with Gasteiger partial charge in [-0.1, -0.05) is 6.07 Å². The second kappa shape index (κ2) is 5.85. The van der Waals surface area contributed by atoms with Crippen LogP contribution in [0, 0.1) is 6.92 Å². The van der Waals surface area contributed by atoms with Crippen molar-refractivity contribution >= 4 is 16.9 Å². The number of aromatic nitrogens is 2. The Labute approximate surface area is 124 Å². The van der Waals surface area contributed by atoms with Crippen molar-refractivity contribution in [1.29, 1.82) is 0 Å². The highest BCUT2D eigenvalue weighted by Gasteiger charge is 2.19. The van der Waals surface area contributed by atoms with Crippen molar-refractivity contribution in [3.8, 4) is 0 Å². The Hall–Kier alpha value is -1.88. The minimum atomic E-state index is -0.152. The second-order valence-corrected chi connectivity index (χ2v) is 5.71. The lowest BCUT2D eigenvalue weighted by molar-refractivity contribution is -0.132. The van der Waals surface area contributed by atoms with Gasteiger partial charge in [0.05, 0.1) is 11.0 Å². The number of aliphatic hydroxyl groups excluding tert-OH is 1. The number of aryl methyl sites for hydroxylation is 1. The summed E-state index contributed by atoms with van der Waals surface area (Å²) >= 11 is 0. The summed E-state index contributed by atoms with van der Waals surface area (Å²) in [6.45, 7) is 3.81. The maximum absolute atomic E-state index is 12.4. The van der Waals surface area contributed by atoms with E-state index in [1.165, 1.54) is 6.42 Å². The molecule has 5 nitrogen and oxygen atoms in total. The molecule has 1 aliphatic heterocycles. The van der Waals surface area contributed by atoms with Gasteiger partial charge in [0.2, 0.25) is 5.91 Å². The Morgan fingerprint density at radius 3 is 2.76 bits per heavy atom. The van der Waals surface area contributed by atoms with E-state index in [-0.39, 0.29) is 19.1 Å². The zero-order chi connectivity index (χ0) is 14.8. The number of hydrogen-bond acceptors (Lipinski definition) is 3. The number of benzene rings is 1. The Bertz CT molecular complexity index is 657. The van der Waals surface area contributed by atoms with E-state index in [1.54, 1.807) is 0 Å². The van der Waals surface area contributed by atoms with Crippen molar-refractivity contribution in [2.75, 3.05) is 13.1 Å². The summed E-state index contributed by atoms with van der Waals surface area (Å²) in [5.41, 5.74) is 2.87. The lowest BCUT2D eigenvalue weighted by Gasteiger charge is -2.27. The number of nitrogens with zero attached hydrogens (tertiary/aromatic N) is 3. The minimum absolute atomic E-state index is 0.115. The molecule has 1 amide bonds. The molecule has 0 atom stereocenters. The molecule has 0 aliphatic carbocycles. The Kier molecular flexibility index (Phi) is 3.92. The normalized spacial score (nSPS) is 15.6. The monoisotopic (exact) mass is 287 g/mol. The summed E-state index contributed by atoms with van der Waals surface area (Å²) in [4.78, 5) is 18.8. The predicted molar refractivity (Wildman–Crippen MR) is 80.8 cm³/mol. The van der Waals surface area contributed by atoms with E-state index in [0.29, 0.717) is 5.82 Å². The smallest absolute Gasteiger partial charge is 0.242 e. The number of hydrogen-bond donors (Lipinski definition) is 1. The highest BCUT2D eigenvalue weighted by molar-refractivity contribution is 5.81. The molecule has 2 heterocycles. The minimum Gasteiger partial charge on any atom is -0.388 e. The number of aliphatic hydroxyl groups is 1. The summed E-state index contributed by atoms with van der Waals surface area (Å²) in [5, 5.41) is 9.50. The van der Waals surface area contributed by atoms with Crippen molar-refractivity contribution in [2.45, 2.75) is 39.3 Å². The third-order valence-corrected chi connectivity index (χ3v) is 4.13. The molecule has 1 aromatic heterocycles. The van der Waals surface area contributed by atoms with Crippen molar-refractivity contribution in [1.82, 2.24) is 14.5 Å². The molecular formula is C16H21N3O2. The molecule has 0 radical (unpaired) electrons. The van der Waals surface area contributed by atoms with Gasteiger partial charge in [-0.3, -0.25) is 4.79 Å². The molecule has 2 aromatic rings. The largest absolute Gasteiger partial charge is 0.388 e. The molecule has 1 N–H and O–H groups in total. The van der Waals surface area contributed by atoms with Gasteiger partial charge in [0.1, 0.15) is 19.0 Å². The molecule has 5 heteroatoms. The first-order chi connectivity index (χ1) is 10.2. The molecule has 1 aliphatic rings. The van der Waals surface area contributed by atoms with Crippen LogP contribution in [0.25, 0.3) is 11.0 Å². The van der Waals surface area contributed by atoms with Crippen molar-refractivity contribution < 1.29 is 9.90 Å². The lowest BCUT2D eigenvalue weighted by Crippen LogP contribution is -2.38. The van der Waals surface area contributed by atoms with Crippen LogP contribution in [0.1, 0.15) is 30.7 Å². The molecule has 112 valence electrons. The predicted octanol–water partition coefficient (Wildman–Crippen LogP) is 1.85. The number of rotatable bonds is 3. The van der Waals surface area contributed by atoms with Gasteiger partial charge in [-0.05, 0) is 43.9 Å². The molecule has 3 rings (SSSR count). The first kappa shape index (κ1) is 14.1. The molecule has 0 saturated carbocycles. The van der Waals surface area contributed by atoms with Gasteiger partial charge in [0.15, 0.2) is 0 Å². The quantitative estimate of drug-likeness (QED) is 0.937. The summed E-state index contributed by atoms with van der Waals surface area (Å²) in [5.74, 6) is 0.672. The topological polar surface area (TPSA) is 58.4 Å². The zero-order valence-corrected chi connectivity index (χ0v) is 12.4. The Morgan fingerprint density at radius 2 is 2.05 bits per heavy atom. The number of carbonyl (C=O) groups excluding carboxylic acids is 1. The van der Waals surface area contributed by atoms with Crippen LogP contribution in [0.3, 0.4) is 0 Å². The number of piperidine rings is 1. The van der Waals surface area contributed by atoms with Crippen LogP contribution in [0.4, 0.5) is 0 Å². The summed E-state index contributed by atoms with van der Waals surface area (Å²) in [6.07, 6.45) is 3.38. The standard InChI is InChI=1S/C16H21N3O2/c1-12-5-6-14-13(9-12)17-15(11-20)19(14)10-16(21)18-7-3-2-4-8-18/h5-6,9,20H,2-4,7-8,10-11H2,1H3. The third-order valence-electron chi connectivity index (χ3n) is 4.13. The number of likely N-dealkylation sites (tertiary alicyclic amines) is 1. The van der Waals surface area contributed by atoms with Gasteiger partial charge in [-0.25, -0.2) is 4.98 Å².